The molecule has 2 N–H and O–H groups in total. The molecule has 1 saturated heterocycles. The molecule has 1 heterocycles. The zero-order valence-corrected chi connectivity index (χ0v) is 16.1. The highest BCUT2D eigenvalue weighted by atomic mass is 16.6. The first kappa shape index (κ1) is 20.1. The summed E-state index contributed by atoms with van der Waals surface area (Å²) in [5.74, 6) is 0.0803. The van der Waals surface area contributed by atoms with Gasteiger partial charge in [-0.25, -0.2) is 0 Å². The number of hydrogen-bond acceptors (Lipinski definition) is 6. The smallest absolute Gasteiger partial charge is 0.292 e. The molecule has 2 amide bonds. The van der Waals surface area contributed by atoms with Gasteiger partial charge in [-0.2, -0.15) is 0 Å². The molecule has 1 aromatic rings. The fourth-order valence-corrected chi connectivity index (χ4v) is 3.32. The van der Waals surface area contributed by atoms with Gasteiger partial charge in [0.2, 0.25) is 11.8 Å². The minimum atomic E-state index is -0.441. The summed E-state index contributed by atoms with van der Waals surface area (Å²) in [6, 6.07) is 6.57. The molecular formula is C19H27N5O4. The lowest BCUT2D eigenvalue weighted by molar-refractivity contribution is -0.384. The van der Waals surface area contributed by atoms with Crippen molar-refractivity contribution < 1.29 is 14.5 Å². The molecule has 9 nitrogen and oxygen atoms in total. The topological polar surface area (TPSA) is 108 Å². The zero-order valence-electron chi connectivity index (χ0n) is 16.1. The number of nitro benzene ring substituents is 1. The maximum atomic E-state index is 12.4. The van der Waals surface area contributed by atoms with Crippen LogP contribution in [0.25, 0.3) is 0 Å². The lowest BCUT2D eigenvalue weighted by Gasteiger charge is -2.37. The second-order valence-electron chi connectivity index (χ2n) is 7.33. The van der Waals surface area contributed by atoms with Crippen molar-refractivity contribution in [1.29, 1.82) is 0 Å². The molecule has 2 aliphatic rings. The predicted octanol–water partition coefficient (Wildman–Crippen LogP) is 1.21. The van der Waals surface area contributed by atoms with Crippen LogP contribution in [0.4, 0.5) is 11.4 Å². The first-order chi connectivity index (χ1) is 13.5. The second-order valence-corrected chi connectivity index (χ2v) is 7.33. The third kappa shape index (κ3) is 5.19. The normalized spacial score (nSPS) is 18.4. The molecular weight excluding hydrogens is 362 g/mol. The fourth-order valence-electron chi connectivity index (χ4n) is 3.32. The van der Waals surface area contributed by atoms with Crippen molar-refractivity contribution in [3.8, 4) is 0 Å². The van der Waals surface area contributed by atoms with E-state index in [1.165, 1.54) is 6.07 Å². The van der Waals surface area contributed by atoms with Crippen LogP contribution >= 0.6 is 0 Å². The van der Waals surface area contributed by atoms with Crippen molar-refractivity contribution in [3.05, 3.63) is 34.4 Å². The molecule has 3 rings (SSSR count). The lowest BCUT2D eigenvalue weighted by Crippen LogP contribution is -2.55. The van der Waals surface area contributed by atoms with Gasteiger partial charge in [0.15, 0.2) is 0 Å². The summed E-state index contributed by atoms with van der Waals surface area (Å²) in [7, 11) is 0. The minimum Gasteiger partial charge on any atom is -0.379 e. The van der Waals surface area contributed by atoms with Gasteiger partial charge in [-0.05, 0) is 25.8 Å². The van der Waals surface area contributed by atoms with Crippen LogP contribution in [0.15, 0.2) is 24.3 Å². The highest BCUT2D eigenvalue weighted by Crippen LogP contribution is 2.23. The van der Waals surface area contributed by atoms with Gasteiger partial charge in [0.25, 0.3) is 5.69 Å². The van der Waals surface area contributed by atoms with Crippen LogP contribution in [-0.4, -0.2) is 71.3 Å². The molecule has 28 heavy (non-hydrogen) atoms. The lowest BCUT2D eigenvalue weighted by atomic mass is 10.2. The van der Waals surface area contributed by atoms with E-state index in [0.717, 1.165) is 12.8 Å². The molecule has 1 aromatic carbocycles. The van der Waals surface area contributed by atoms with E-state index in [9.17, 15) is 19.7 Å². The van der Waals surface area contributed by atoms with E-state index in [1.807, 2.05) is 6.92 Å². The van der Waals surface area contributed by atoms with Crippen molar-refractivity contribution in [3.63, 3.8) is 0 Å². The average Bonchev–Trinajstić information content (AvgIpc) is 3.51. The summed E-state index contributed by atoms with van der Waals surface area (Å²) >= 11 is 0. The average molecular weight is 389 g/mol. The minimum absolute atomic E-state index is 0.00188. The largest absolute Gasteiger partial charge is 0.379 e. The van der Waals surface area contributed by atoms with Crippen LogP contribution in [0.2, 0.25) is 0 Å². The van der Waals surface area contributed by atoms with Crippen LogP contribution < -0.4 is 10.6 Å². The Labute approximate surface area is 164 Å². The Bertz CT molecular complexity index is 729. The molecule has 0 spiro atoms. The van der Waals surface area contributed by atoms with Gasteiger partial charge in [-0.3, -0.25) is 24.6 Å². The molecule has 0 radical (unpaired) electrons. The Hall–Kier alpha value is -2.68. The van der Waals surface area contributed by atoms with Crippen LogP contribution in [0.5, 0.6) is 0 Å². The molecule has 0 bridgehead atoms. The SMILES string of the molecule is CC(C(=O)NC1CC1)N1CCN(C(=O)CCNc2ccccc2[N+](=O)[O-])CC1. The first-order valence-electron chi connectivity index (χ1n) is 9.75. The van der Waals surface area contributed by atoms with Gasteiger partial charge in [-0.15, -0.1) is 0 Å². The standard InChI is InChI=1S/C19H27N5O4/c1-14(19(26)21-15-6-7-15)22-10-12-23(13-11-22)18(25)8-9-20-16-4-2-3-5-17(16)24(27)28/h2-5,14-15,20H,6-13H2,1H3,(H,21,26). The molecule has 1 aliphatic heterocycles. The Balaban J connectivity index is 1.40. The maximum Gasteiger partial charge on any atom is 0.292 e. The fraction of sp³-hybridized carbons (Fsp3) is 0.579. The first-order valence-corrected chi connectivity index (χ1v) is 9.75. The number of rotatable bonds is 8. The summed E-state index contributed by atoms with van der Waals surface area (Å²) in [5, 5.41) is 17.0. The third-order valence-corrected chi connectivity index (χ3v) is 5.27. The summed E-state index contributed by atoms with van der Waals surface area (Å²) in [6.45, 7) is 4.76. The highest BCUT2D eigenvalue weighted by molar-refractivity contribution is 5.82. The van der Waals surface area contributed by atoms with Gasteiger partial charge in [0.1, 0.15) is 5.69 Å². The molecule has 152 valence electrons. The molecule has 9 heteroatoms. The third-order valence-electron chi connectivity index (χ3n) is 5.27. The summed E-state index contributed by atoms with van der Waals surface area (Å²) in [4.78, 5) is 39.1. The molecule has 1 unspecified atom stereocenters. The molecule has 1 aliphatic carbocycles. The van der Waals surface area contributed by atoms with Crippen molar-refractivity contribution in [1.82, 2.24) is 15.1 Å². The van der Waals surface area contributed by atoms with E-state index in [0.29, 0.717) is 44.5 Å². The van der Waals surface area contributed by atoms with Gasteiger partial charge in [0, 0.05) is 51.3 Å². The Morgan fingerprint density at radius 2 is 1.89 bits per heavy atom. The molecule has 1 saturated carbocycles. The number of amides is 2. The van der Waals surface area contributed by atoms with E-state index in [4.69, 9.17) is 0 Å². The van der Waals surface area contributed by atoms with Crippen molar-refractivity contribution >= 4 is 23.2 Å². The van der Waals surface area contributed by atoms with Crippen LogP contribution in [0.1, 0.15) is 26.2 Å². The van der Waals surface area contributed by atoms with Gasteiger partial charge < -0.3 is 15.5 Å². The number of nitrogens with one attached hydrogen (secondary N) is 2. The van der Waals surface area contributed by atoms with Crippen LogP contribution in [-0.2, 0) is 9.59 Å². The number of hydrogen-bond donors (Lipinski definition) is 2. The predicted molar refractivity (Wildman–Crippen MR) is 105 cm³/mol. The number of benzene rings is 1. The number of nitrogens with zero attached hydrogens (tertiary/aromatic N) is 3. The molecule has 0 aromatic heterocycles. The van der Waals surface area contributed by atoms with Crippen molar-refractivity contribution in [2.45, 2.75) is 38.3 Å². The Kier molecular flexibility index (Phi) is 6.45. The number of nitro groups is 1. The number of carbonyl (C=O) groups is 2. The summed E-state index contributed by atoms with van der Waals surface area (Å²) in [5.41, 5.74) is 0.419. The summed E-state index contributed by atoms with van der Waals surface area (Å²) < 4.78 is 0. The van der Waals surface area contributed by atoms with Crippen LogP contribution in [0.3, 0.4) is 0 Å². The van der Waals surface area contributed by atoms with Crippen LogP contribution in [0, 0.1) is 10.1 Å². The zero-order chi connectivity index (χ0) is 20.1. The van der Waals surface area contributed by atoms with Gasteiger partial charge in [0.05, 0.1) is 11.0 Å². The van der Waals surface area contributed by atoms with E-state index in [1.54, 1.807) is 23.1 Å². The number of carbonyl (C=O) groups excluding carboxylic acids is 2. The molecule has 2 fully saturated rings. The quantitative estimate of drug-likeness (QED) is 0.511. The maximum absolute atomic E-state index is 12.4. The number of piperazine rings is 1. The monoisotopic (exact) mass is 389 g/mol. The van der Waals surface area contributed by atoms with Crippen molar-refractivity contribution in [2.75, 3.05) is 38.0 Å². The Morgan fingerprint density at radius 3 is 2.54 bits per heavy atom. The second kappa shape index (κ2) is 9.01. The summed E-state index contributed by atoms with van der Waals surface area (Å²) in [6.07, 6.45) is 2.41. The van der Waals surface area contributed by atoms with Crippen molar-refractivity contribution in [2.24, 2.45) is 0 Å². The van der Waals surface area contributed by atoms with Gasteiger partial charge >= 0.3 is 0 Å². The van der Waals surface area contributed by atoms with Gasteiger partial charge in [-0.1, -0.05) is 12.1 Å². The Morgan fingerprint density at radius 1 is 1.21 bits per heavy atom. The van der Waals surface area contributed by atoms with E-state index in [-0.39, 0.29) is 30.0 Å². The number of para-hydroxylation sites is 2. The highest BCUT2D eigenvalue weighted by Gasteiger charge is 2.30. The van der Waals surface area contributed by atoms with E-state index < -0.39 is 4.92 Å². The van der Waals surface area contributed by atoms with E-state index in [2.05, 4.69) is 15.5 Å². The number of anilines is 1. The molecule has 1 atom stereocenters. The van der Waals surface area contributed by atoms with E-state index >= 15 is 0 Å².